The molecule has 3 heteroatoms. The Labute approximate surface area is 103 Å². The summed E-state index contributed by atoms with van der Waals surface area (Å²) in [6.45, 7) is 3.87. The summed E-state index contributed by atoms with van der Waals surface area (Å²) in [6, 6.07) is 0.0281. The maximum absolute atomic E-state index is 11.7. The van der Waals surface area contributed by atoms with Crippen LogP contribution >= 0.6 is 0 Å². The highest BCUT2D eigenvalue weighted by atomic mass is 16.2. The minimum atomic E-state index is -0.0672. The van der Waals surface area contributed by atoms with Crippen LogP contribution in [0.25, 0.3) is 0 Å². The number of rotatable bonds is 4. The number of amides is 1. The van der Waals surface area contributed by atoms with Crippen LogP contribution in [0.1, 0.15) is 39.5 Å². The summed E-state index contributed by atoms with van der Waals surface area (Å²) in [5.74, 6) is 6.01. The zero-order chi connectivity index (χ0) is 12.7. The largest absolute Gasteiger partial charge is 0.350 e. The van der Waals surface area contributed by atoms with E-state index in [-0.39, 0.29) is 23.7 Å². The number of hydrogen-bond acceptors (Lipinski definition) is 2. The van der Waals surface area contributed by atoms with Gasteiger partial charge in [0, 0.05) is 31.2 Å². The number of hydrogen-bond donors (Lipinski definition) is 1. The molecule has 1 rings (SSSR count). The highest BCUT2D eigenvalue weighted by Crippen LogP contribution is 2.09. The molecule has 0 aromatic carbocycles. The van der Waals surface area contributed by atoms with Gasteiger partial charge in [-0.25, -0.2) is 0 Å². The van der Waals surface area contributed by atoms with Crippen LogP contribution in [0.5, 0.6) is 0 Å². The zero-order valence-corrected chi connectivity index (χ0v) is 10.5. The van der Waals surface area contributed by atoms with Gasteiger partial charge in [-0.15, -0.1) is 11.8 Å². The minimum Gasteiger partial charge on any atom is -0.350 e. The van der Waals surface area contributed by atoms with Crippen molar-refractivity contribution < 1.29 is 9.59 Å². The summed E-state index contributed by atoms with van der Waals surface area (Å²) in [4.78, 5) is 22.7. The summed E-state index contributed by atoms with van der Waals surface area (Å²) in [6.07, 6.45) is 6.14. The molecule has 2 atom stereocenters. The van der Waals surface area contributed by atoms with E-state index in [1.54, 1.807) is 12.2 Å². The molecule has 0 bridgehead atoms. The van der Waals surface area contributed by atoms with Gasteiger partial charge in [0.2, 0.25) is 5.91 Å². The summed E-state index contributed by atoms with van der Waals surface area (Å²) in [5.41, 5.74) is 0. The van der Waals surface area contributed by atoms with Crippen molar-refractivity contribution in [3.05, 3.63) is 12.2 Å². The van der Waals surface area contributed by atoms with Crippen LogP contribution in [0.2, 0.25) is 0 Å². The van der Waals surface area contributed by atoms with E-state index >= 15 is 0 Å². The SMILES string of the molecule is CCC#CC[C@H](C)C(=O)/C=C/[C@H]1CCC(=O)N1. The Balaban J connectivity index is 2.37. The Bertz CT molecular complexity index is 373. The third-order valence-electron chi connectivity index (χ3n) is 2.72. The van der Waals surface area contributed by atoms with Gasteiger partial charge >= 0.3 is 0 Å². The van der Waals surface area contributed by atoms with Crippen molar-refractivity contribution in [2.45, 2.75) is 45.6 Å². The van der Waals surface area contributed by atoms with Crippen molar-refractivity contribution in [2.24, 2.45) is 5.92 Å². The van der Waals surface area contributed by atoms with Crippen molar-refractivity contribution in [3.8, 4) is 11.8 Å². The van der Waals surface area contributed by atoms with Gasteiger partial charge in [0.05, 0.1) is 0 Å². The first kappa shape index (κ1) is 13.5. The molecule has 1 aliphatic heterocycles. The summed E-state index contributed by atoms with van der Waals surface area (Å²) >= 11 is 0. The number of carbonyl (C=O) groups is 2. The van der Waals surface area contributed by atoms with Gasteiger partial charge < -0.3 is 5.32 Å². The first-order valence-corrected chi connectivity index (χ1v) is 6.10. The Kier molecular flexibility index (Phi) is 5.48. The summed E-state index contributed by atoms with van der Waals surface area (Å²) in [5, 5.41) is 2.79. The van der Waals surface area contributed by atoms with Gasteiger partial charge in [-0.3, -0.25) is 9.59 Å². The fourth-order valence-electron chi connectivity index (χ4n) is 1.61. The topological polar surface area (TPSA) is 46.2 Å². The lowest BCUT2D eigenvalue weighted by Crippen LogP contribution is -2.23. The molecule has 0 unspecified atom stereocenters. The van der Waals surface area contributed by atoms with Crippen LogP contribution in [0.3, 0.4) is 0 Å². The normalized spacial score (nSPS) is 20.8. The number of allylic oxidation sites excluding steroid dienone is 1. The minimum absolute atomic E-state index is 0.0281. The molecule has 0 radical (unpaired) electrons. The standard InChI is InChI=1S/C14H19NO2/c1-3-4-5-6-11(2)13(16)9-7-12-8-10-14(17)15-12/h7,9,11-12H,3,6,8,10H2,1-2H3,(H,15,17)/b9-7+/t11-,12-/m0/s1. The Morgan fingerprint density at radius 3 is 2.94 bits per heavy atom. The molecule has 1 saturated heterocycles. The molecular weight excluding hydrogens is 214 g/mol. The van der Waals surface area contributed by atoms with E-state index in [9.17, 15) is 9.59 Å². The Morgan fingerprint density at radius 2 is 2.35 bits per heavy atom. The molecule has 92 valence electrons. The molecule has 0 aromatic rings. The number of carbonyl (C=O) groups excluding carboxylic acids is 2. The quantitative estimate of drug-likeness (QED) is 0.595. The van der Waals surface area contributed by atoms with Crippen LogP contribution in [-0.4, -0.2) is 17.7 Å². The molecular formula is C14H19NO2. The number of nitrogens with one attached hydrogen (secondary N) is 1. The number of ketones is 1. The molecule has 0 aromatic heterocycles. The molecule has 1 N–H and O–H groups in total. The second kappa shape index (κ2) is 6.90. The Hall–Kier alpha value is -1.56. The highest BCUT2D eigenvalue weighted by molar-refractivity contribution is 5.92. The average molecular weight is 233 g/mol. The van der Waals surface area contributed by atoms with Crippen molar-refractivity contribution in [1.29, 1.82) is 0 Å². The van der Waals surface area contributed by atoms with Crippen LogP contribution < -0.4 is 5.32 Å². The van der Waals surface area contributed by atoms with Crippen LogP contribution in [0.15, 0.2) is 12.2 Å². The summed E-state index contributed by atoms with van der Waals surface area (Å²) in [7, 11) is 0. The van der Waals surface area contributed by atoms with Crippen molar-refractivity contribution in [1.82, 2.24) is 5.32 Å². The molecule has 17 heavy (non-hydrogen) atoms. The lowest BCUT2D eigenvalue weighted by Gasteiger charge is -2.04. The monoisotopic (exact) mass is 233 g/mol. The molecule has 0 saturated carbocycles. The van der Waals surface area contributed by atoms with E-state index < -0.39 is 0 Å². The van der Waals surface area contributed by atoms with Crippen LogP contribution in [0, 0.1) is 17.8 Å². The summed E-state index contributed by atoms with van der Waals surface area (Å²) < 4.78 is 0. The van der Waals surface area contributed by atoms with Gasteiger partial charge in [-0.2, -0.15) is 0 Å². The first-order chi connectivity index (χ1) is 8.13. The van der Waals surface area contributed by atoms with Gasteiger partial charge in [0.15, 0.2) is 5.78 Å². The molecule has 0 aliphatic carbocycles. The first-order valence-electron chi connectivity index (χ1n) is 6.10. The maximum atomic E-state index is 11.7. The third kappa shape index (κ3) is 4.86. The van der Waals surface area contributed by atoms with Crippen LogP contribution in [-0.2, 0) is 9.59 Å². The van der Waals surface area contributed by atoms with E-state index in [0.29, 0.717) is 12.8 Å². The van der Waals surface area contributed by atoms with E-state index in [4.69, 9.17) is 0 Å². The molecule has 0 spiro atoms. The van der Waals surface area contributed by atoms with E-state index in [2.05, 4.69) is 17.2 Å². The van der Waals surface area contributed by atoms with E-state index in [1.165, 1.54) is 0 Å². The maximum Gasteiger partial charge on any atom is 0.220 e. The zero-order valence-electron chi connectivity index (χ0n) is 10.5. The van der Waals surface area contributed by atoms with Gasteiger partial charge in [0.1, 0.15) is 0 Å². The average Bonchev–Trinajstić information content (AvgIpc) is 2.72. The molecule has 1 fully saturated rings. The highest BCUT2D eigenvalue weighted by Gasteiger charge is 2.18. The molecule has 1 heterocycles. The fraction of sp³-hybridized carbons (Fsp3) is 0.571. The van der Waals surface area contributed by atoms with E-state index in [0.717, 1.165) is 12.8 Å². The predicted octanol–water partition coefficient (Wildman–Crippen LogP) is 1.83. The van der Waals surface area contributed by atoms with Crippen molar-refractivity contribution in [2.75, 3.05) is 0 Å². The van der Waals surface area contributed by atoms with Crippen molar-refractivity contribution >= 4 is 11.7 Å². The second-order valence-corrected chi connectivity index (χ2v) is 4.29. The second-order valence-electron chi connectivity index (χ2n) is 4.29. The van der Waals surface area contributed by atoms with Gasteiger partial charge in [-0.1, -0.05) is 19.9 Å². The van der Waals surface area contributed by atoms with Crippen LogP contribution in [0.4, 0.5) is 0 Å². The lowest BCUT2D eigenvalue weighted by atomic mass is 10.0. The lowest BCUT2D eigenvalue weighted by molar-refractivity contribution is -0.119. The van der Waals surface area contributed by atoms with Crippen molar-refractivity contribution in [3.63, 3.8) is 0 Å². The fourth-order valence-corrected chi connectivity index (χ4v) is 1.61. The third-order valence-corrected chi connectivity index (χ3v) is 2.72. The van der Waals surface area contributed by atoms with Gasteiger partial charge in [0.25, 0.3) is 0 Å². The molecule has 1 amide bonds. The van der Waals surface area contributed by atoms with Gasteiger partial charge in [-0.05, 0) is 12.5 Å². The Morgan fingerprint density at radius 1 is 1.59 bits per heavy atom. The smallest absolute Gasteiger partial charge is 0.220 e. The van der Waals surface area contributed by atoms with E-state index in [1.807, 2.05) is 13.8 Å². The molecule has 1 aliphatic rings. The molecule has 3 nitrogen and oxygen atoms in total. The predicted molar refractivity (Wildman–Crippen MR) is 67.2 cm³/mol.